The summed E-state index contributed by atoms with van der Waals surface area (Å²) in [6.45, 7) is 0.319. The molecular formula is C16H13ClFN3O. The molecule has 0 saturated carbocycles. The van der Waals surface area contributed by atoms with Gasteiger partial charge in [-0.2, -0.15) is 0 Å². The van der Waals surface area contributed by atoms with Crippen LogP contribution in [0, 0.1) is 5.82 Å². The zero-order valence-electron chi connectivity index (χ0n) is 11.5. The molecule has 0 spiro atoms. The maximum atomic E-state index is 14.1. The van der Waals surface area contributed by atoms with Crippen LogP contribution in [0.25, 0.3) is 0 Å². The predicted octanol–water partition coefficient (Wildman–Crippen LogP) is 3.57. The molecule has 22 heavy (non-hydrogen) atoms. The Kier molecular flexibility index (Phi) is 4.06. The third-order valence-corrected chi connectivity index (χ3v) is 3.63. The Labute approximate surface area is 132 Å². The molecule has 0 fully saturated rings. The third kappa shape index (κ3) is 2.80. The second kappa shape index (κ2) is 6.15. The highest BCUT2D eigenvalue weighted by atomic mass is 35.5. The number of hydrogen-bond donors (Lipinski definition) is 2. The number of rotatable bonds is 2. The molecule has 0 amide bonds. The molecule has 4 nitrogen and oxygen atoms in total. The number of aliphatic imine (C=N–C) groups is 1. The summed E-state index contributed by atoms with van der Waals surface area (Å²) >= 11 is 6.08. The first-order valence-corrected chi connectivity index (χ1v) is 7.10. The number of benzene rings is 2. The van der Waals surface area contributed by atoms with Crippen LogP contribution < -0.4 is 5.32 Å². The SMILES string of the molecule is O/N=C/C1CN=C(c2ccccc2F)c2cc(Cl)ccc2N1. The van der Waals surface area contributed by atoms with Crippen LogP contribution in [-0.2, 0) is 0 Å². The van der Waals surface area contributed by atoms with Crippen molar-refractivity contribution in [1.82, 2.24) is 0 Å². The second-order valence-electron chi connectivity index (χ2n) is 4.87. The first-order chi connectivity index (χ1) is 10.7. The average Bonchev–Trinajstić information content (AvgIpc) is 2.68. The lowest BCUT2D eigenvalue weighted by atomic mass is 10.00. The molecule has 3 rings (SSSR count). The smallest absolute Gasteiger partial charge is 0.132 e. The van der Waals surface area contributed by atoms with Crippen LogP contribution in [0.2, 0.25) is 5.02 Å². The number of nitrogens with one attached hydrogen (secondary N) is 1. The van der Waals surface area contributed by atoms with Gasteiger partial charge in [0, 0.05) is 21.8 Å². The van der Waals surface area contributed by atoms with Crippen molar-refractivity contribution in [2.24, 2.45) is 10.1 Å². The highest BCUT2D eigenvalue weighted by Gasteiger charge is 2.21. The van der Waals surface area contributed by atoms with E-state index in [4.69, 9.17) is 16.8 Å². The molecule has 1 heterocycles. The van der Waals surface area contributed by atoms with Gasteiger partial charge in [-0.05, 0) is 30.3 Å². The van der Waals surface area contributed by atoms with E-state index >= 15 is 0 Å². The van der Waals surface area contributed by atoms with E-state index in [2.05, 4.69) is 15.5 Å². The molecule has 0 aromatic heterocycles. The second-order valence-corrected chi connectivity index (χ2v) is 5.31. The van der Waals surface area contributed by atoms with Gasteiger partial charge in [-0.3, -0.25) is 4.99 Å². The van der Waals surface area contributed by atoms with E-state index in [0.29, 0.717) is 28.4 Å². The first-order valence-electron chi connectivity index (χ1n) is 6.72. The molecule has 112 valence electrons. The Morgan fingerprint density at radius 3 is 2.86 bits per heavy atom. The van der Waals surface area contributed by atoms with E-state index in [9.17, 15) is 4.39 Å². The van der Waals surface area contributed by atoms with Gasteiger partial charge < -0.3 is 10.5 Å². The van der Waals surface area contributed by atoms with Crippen molar-refractivity contribution in [3.63, 3.8) is 0 Å². The van der Waals surface area contributed by atoms with Crippen LogP contribution in [0.1, 0.15) is 11.1 Å². The van der Waals surface area contributed by atoms with Crippen LogP contribution in [0.4, 0.5) is 10.1 Å². The fourth-order valence-electron chi connectivity index (χ4n) is 2.41. The summed E-state index contributed by atoms with van der Waals surface area (Å²) in [6, 6.07) is 11.5. The lowest BCUT2D eigenvalue weighted by molar-refractivity contribution is 0.320. The normalized spacial score (nSPS) is 17.5. The van der Waals surface area contributed by atoms with Crippen molar-refractivity contribution < 1.29 is 9.60 Å². The molecule has 0 radical (unpaired) electrons. The Hall–Kier alpha value is -2.40. The Bertz CT molecular complexity index is 761. The summed E-state index contributed by atoms with van der Waals surface area (Å²) < 4.78 is 14.1. The summed E-state index contributed by atoms with van der Waals surface area (Å²) in [6.07, 6.45) is 1.35. The molecule has 0 saturated heterocycles. The van der Waals surface area contributed by atoms with Crippen molar-refractivity contribution in [3.8, 4) is 0 Å². The summed E-state index contributed by atoms with van der Waals surface area (Å²) in [7, 11) is 0. The van der Waals surface area contributed by atoms with Crippen LogP contribution >= 0.6 is 11.6 Å². The number of oxime groups is 1. The topological polar surface area (TPSA) is 57.0 Å². The van der Waals surface area contributed by atoms with Crippen molar-refractivity contribution >= 4 is 29.2 Å². The standard InChI is InChI=1S/C16H13ClFN3O/c17-10-5-6-15-13(7-10)16(12-3-1-2-4-14(12)18)19-8-11(21-15)9-20-22/h1-7,9,11,21-22H,8H2/b20-9+. The lowest BCUT2D eigenvalue weighted by Gasteiger charge is -2.13. The number of hydrogen-bond acceptors (Lipinski definition) is 4. The van der Waals surface area contributed by atoms with Gasteiger partial charge in [-0.15, -0.1) is 0 Å². The summed E-state index contributed by atoms with van der Waals surface area (Å²) in [5, 5.41) is 15.5. The molecule has 2 aromatic carbocycles. The Morgan fingerprint density at radius 2 is 2.09 bits per heavy atom. The molecule has 1 aliphatic heterocycles. The van der Waals surface area contributed by atoms with E-state index in [1.54, 1.807) is 36.4 Å². The maximum Gasteiger partial charge on any atom is 0.132 e. The van der Waals surface area contributed by atoms with Gasteiger partial charge in [0.05, 0.1) is 24.5 Å². The third-order valence-electron chi connectivity index (χ3n) is 3.40. The lowest BCUT2D eigenvalue weighted by Crippen LogP contribution is -2.23. The molecule has 6 heteroatoms. The number of halogens is 2. The van der Waals surface area contributed by atoms with E-state index in [-0.39, 0.29) is 11.9 Å². The minimum absolute atomic E-state index is 0.283. The van der Waals surface area contributed by atoms with Crippen LogP contribution in [0.15, 0.2) is 52.6 Å². The van der Waals surface area contributed by atoms with Crippen LogP contribution in [-0.4, -0.2) is 29.7 Å². The van der Waals surface area contributed by atoms with Gasteiger partial charge in [0.25, 0.3) is 0 Å². The minimum Gasteiger partial charge on any atom is -0.411 e. The zero-order chi connectivity index (χ0) is 15.5. The monoisotopic (exact) mass is 317 g/mol. The fourth-order valence-corrected chi connectivity index (χ4v) is 2.58. The zero-order valence-corrected chi connectivity index (χ0v) is 12.3. The Balaban J connectivity index is 2.16. The van der Waals surface area contributed by atoms with E-state index in [0.717, 1.165) is 5.69 Å². The minimum atomic E-state index is -0.346. The molecule has 0 bridgehead atoms. The number of fused-ring (bicyclic) bond motifs is 1. The van der Waals surface area contributed by atoms with Gasteiger partial charge in [-0.25, -0.2) is 4.39 Å². The largest absolute Gasteiger partial charge is 0.411 e. The van der Waals surface area contributed by atoms with Crippen LogP contribution in [0.3, 0.4) is 0 Å². The summed E-state index contributed by atoms with van der Waals surface area (Å²) in [5.74, 6) is -0.346. The maximum absolute atomic E-state index is 14.1. The predicted molar refractivity (Wildman–Crippen MR) is 86.0 cm³/mol. The molecular weight excluding hydrogens is 305 g/mol. The summed E-state index contributed by atoms with van der Waals surface area (Å²) in [5.41, 5.74) is 2.41. The number of anilines is 1. The number of nitrogens with zero attached hydrogens (tertiary/aromatic N) is 2. The van der Waals surface area contributed by atoms with Gasteiger partial charge in [0.15, 0.2) is 0 Å². The molecule has 1 atom stereocenters. The van der Waals surface area contributed by atoms with Crippen molar-refractivity contribution in [2.75, 3.05) is 11.9 Å². The molecule has 2 aromatic rings. The highest BCUT2D eigenvalue weighted by Crippen LogP contribution is 2.27. The van der Waals surface area contributed by atoms with Gasteiger partial charge in [-0.1, -0.05) is 28.9 Å². The van der Waals surface area contributed by atoms with Crippen molar-refractivity contribution in [3.05, 3.63) is 64.4 Å². The van der Waals surface area contributed by atoms with Crippen LogP contribution in [0.5, 0.6) is 0 Å². The molecule has 2 N–H and O–H groups in total. The van der Waals surface area contributed by atoms with Crippen molar-refractivity contribution in [1.29, 1.82) is 0 Å². The van der Waals surface area contributed by atoms with E-state index < -0.39 is 0 Å². The van der Waals surface area contributed by atoms with E-state index in [1.807, 2.05) is 0 Å². The van der Waals surface area contributed by atoms with Crippen molar-refractivity contribution in [2.45, 2.75) is 6.04 Å². The molecule has 0 aliphatic carbocycles. The molecule has 1 unspecified atom stereocenters. The Morgan fingerprint density at radius 1 is 1.27 bits per heavy atom. The number of benzodiazepines with no additional fused rings is 1. The average molecular weight is 318 g/mol. The first kappa shape index (κ1) is 14.5. The van der Waals surface area contributed by atoms with Gasteiger partial charge in [0.2, 0.25) is 0 Å². The summed E-state index contributed by atoms with van der Waals surface area (Å²) in [4.78, 5) is 4.49. The highest BCUT2D eigenvalue weighted by molar-refractivity contribution is 6.31. The van der Waals surface area contributed by atoms with Gasteiger partial charge in [0.1, 0.15) is 5.82 Å². The van der Waals surface area contributed by atoms with E-state index in [1.165, 1.54) is 12.3 Å². The molecule has 1 aliphatic rings. The quantitative estimate of drug-likeness (QED) is 0.505. The van der Waals surface area contributed by atoms with Gasteiger partial charge >= 0.3 is 0 Å². The fraction of sp³-hybridized carbons (Fsp3) is 0.125.